The van der Waals surface area contributed by atoms with E-state index >= 15 is 0 Å². The molecule has 1 unspecified atom stereocenters. The van der Waals surface area contributed by atoms with Gasteiger partial charge in [0.1, 0.15) is 11.5 Å². The van der Waals surface area contributed by atoms with Crippen LogP contribution in [0.25, 0.3) is 0 Å². The maximum atomic E-state index is 13.3. The zero-order valence-corrected chi connectivity index (χ0v) is 22.8. The number of fused-ring (bicyclic) bond motifs is 6. The van der Waals surface area contributed by atoms with Gasteiger partial charge in [0.25, 0.3) is 0 Å². The number of hydrogen-bond donors (Lipinski definition) is 1. The summed E-state index contributed by atoms with van der Waals surface area (Å²) in [6, 6.07) is 28.2. The lowest BCUT2D eigenvalue weighted by molar-refractivity contribution is 0.0224. The maximum absolute atomic E-state index is 13.3. The summed E-state index contributed by atoms with van der Waals surface area (Å²) in [6.45, 7) is 8.38. The van der Waals surface area contributed by atoms with Gasteiger partial charge in [-0.25, -0.2) is 4.79 Å². The lowest BCUT2D eigenvalue weighted by Gasteiger charge is -2.38. The number of unbranched alkanes of at least 4 members (excludes halogenated alkanes) is 2. The molecule has 0 aromatic heterocycles. The Bertz CT molecular complexity index is 1530. The predicted octanol–water partition coefficient (Wildman–Crippen LogP) is 8.32. The summed E-state index contributed by atoms with van der Waals surface area (Å²) in [5.74, 6) is 1.11. The summed E-state index contributed by atoms with van der Waals surface area (Å²) in [4.78, 5) is 15.7. The summed E-state index contributed by atoms with van der Waals surface area (Å²) in [5, 5.41) is 3.54. The molecule has 0 aliphatic carbocycles. The Hall–Kier alpha value is -4.25. The zero-order chi connectivity index (χ0) is 27.0. The molecule has 0 saturated heterocycles. The molecule has 5 nitrogen and oxygen atoms in total. The summed E-state index contributed by atoms with van der Waals surface area (Å²) in [7, 11) is 0. The predicted molar refractivity (Wildman–Crippen MR) is 157 cm³/mol. The molecular formula is C34H34N2O3. The third-order valence-corrected chi connectivity index (χ3v) is 7.87. The van der Waals surface area contributed by atoms with Crippen LogP contribution in [0.15, 0.2) is 84.9 Å². The van der Waals surface area contributed by atoms with Crippen LogP contribution in [0.5, 0.6) is 11.5 Å². The molecule has 1 atom stereocenters. The van der Waals surface area contributed by atoms with Gasteiger partial charge in [-0.2, -0.15) is 0 Å². The molecule has 2 aliphatic heterocycles. The number of carbonyl (C=O) groups is 1. The first-order valence-electron chi connectivity index (χ1n) is 13.9. The summed E-state index contributed by atoms with van der Waals surface area (Å²) >= 11 is 0. The quantitative estimate of drug-likeness (QED) is 0.188. The van der Waals surface area contributed by atoms with Crippen LogP contribution in [0.4, 0.5) is 17.1 Å². The fourth-order valence-corrected chi connectivity index (χ4v) is 5.84. The highest BCUT2D eigenvalue weighted by Gasteiger charge is 2.53. The zero-order valence-electron chi connectivity index (χ0n) is 22.8. The van der Waals surface area contributed by atoms with Crippen molar-refractivity contribution in [2.45, 2.75) is 45.6 Å². The minimum absolute atomic E-state index is 0.318. The molecule has 5 heteroatoms. The summed E-state index contributed by atoms with van der Waals surface area (Å²) < 4.78 is 13.0. The Morgan fingerprint density at radius 2 is 1.59 bits per heavy atom. The van der Waals surface area contributed by atoms with Crippen LogP contribution in [0.1, 0.15) is 65.7 Å². The average molecular weight is 519 g/mol. The normalized spacial score (nSPS) is 16.6. The van der Waals surface area contributed by atoms with Crippen LogP contribution in [0.2, 0.25) is 0 Å². The molecular weight excluding hydrogens is 484 g/mol. The Kier molecular flexibility index (Phi) is 6.51. The van der Waals surface area contributed by atoms with E-state index in [4.69, 9.17) is 9.47 Å². The SMILES string of the molecule is CCCCCN(CC)c1ccc2c(c1)Oc1cc(C)c(Nc3ccccc3)cc1C21OC(=O)c2ccccc21. The molecule has 2 heterocycles. The van der Waals surface area contributed by atoms with Crippen LogP contribution in [0.3, 0.4) is 0 Å². The number of nitrogens with zero attached hydrogens (tertiary/aromatic N) is 1. The Morgan fingerprint density at radius 1 is 0.821 bits per heavy atom. The average Bonchev–Trinajstić information content (AvgIpc) is 3.25. The van der Waals surface area contributed by atoms with E-state index in [1.165, 1.54) is 12.8 Å². The molecule has 0 radical (unpaired) electrons. The lowest BCUT2D eigenvalue weighted by atomic mass is 9.77. The summed E-state index contributed by atoms with van der Waals surface area (Å²) in [5.41, 5.74) is 6.10. The second-order valence-corrected chi connectivity index (χ2v) is 10.3. The van der Waals surface area contributed by atoms with Crippen LogP contribution in [-0.4, -0.2) is 19.1 Å². The number of benzene rings is 4. The third kappa shape index (κ3) is 4.22. The number of rotatable bonds is 8. The number of hydrogen-bond acceptors (Lipinski definition) is 5. The number of carbonyl (C=O) groups excluding carboxylic acids is 1. The second kappa shape index (κ2) is 10.1. The molecule has 0 fully saturated rings. The van der Waals surface area contributed by atoms with Gasteiger partial charge in [-0.3, -0.25) is 0 Å². The lowest BCUT2D eigenvalue weighted by Crippen LogP contribution is -2.33. The van der Waals surface area contributed by atoms with Gasteiger partial charge in [0.05, 0.1) is 5.56 Å². The minimum atomic E-state index is -1.09. The van der Waals surface area contributed by atoms with Gasteiger partial charge in [0.15, 0.2) is 5.60 Å². The van der Waals surface area contributed by atoms with Gasteiger partial charge >= 0.3 is 5.97 Å². The van der Waals surface area contributed by atoms with Gasteiger partial charge < -0.3 is 19.7 Å². The number of esters is 1. The van der Waals surface area contributed by atoms with Crippen molar-refractivity contribution in [3.05, 3.63) is 113 Å². The monoisotopic (exact) mass is 518 g/mol. The van der Waals surface area contributed by atoms with E-state index in [2.05, 4.69) is 55.3 Å². The fraction of sp³-hybridized carbons (Fsp3) is 0.265. The van der Waals surface area contributed by atoms with Crippen LogP contribution < -0.4 is 15.0 Å². The van der Waals surface area contributed by atoms with Crippen molar-refractivity contribution in [1.29, 1.82) is 0 Å². The van der Waals surface area contributed by atoms with Crippen molar-refractivity contribution in [3.63, 3.8) is 0 Å². The van der Waals surface area contributed by atoms with Crippen LogP contribution in [0, 0.1) is 6.92 Å². The topological polar surface area (TPSA) is 50.8 Å². The minimum Gasteiger partial charge on any atom is -0.456 e. The molecule has 2 aliphatic rings. The number of ether oxygens (including phenoxy) is 2. The van der Waals surface area contributed by atoms with Gasteiger partial charge in [0, 0.05) is 52.9 Å². The first-order valence-corrected chi connectivity index (χ1v) is 13.9. The van der Waals surface area contributed by atoms with E-state index in [-0.39, 0.29) is 5.97 Å². The summed E-state index contributed by atoms with van der Waals surface area (Å²) in [6.07, 6.45) is 3.55. The molecule has 4 aromatic carbocycles. The first kappa shape index (κ1) is 25.1. The van der Waals surface area contributed by atoms with E-state index in [1.807, 2.05) is 60.7 Å². The van der Waals surface area contributed by atoms with Gasteiger partial charge in [-0.1, -0.05) is 56.2 Å². The highest BCUT2D eigenvalue weighted by molar-refractivity contribution is 5.97. The van der Waals surface area contributed by atoms with E-state index in [0.29, 0.717) is 11.3 Å². The van der Waals surface area contributed by atoms with E-state index in [0.717, 1.165) is 64.6 Å². The highest BCUT2D eigenvalue weighted by Crippen LogP contribution is 2.57. The van der Waals surface area contributed by atoms with E-state index < -0.39 is 5.60 Å². The molecule has 6 rings (SSSR count). The Morgan fingerprint density at radius 3 is 2.38 bits per heavy atom. The Labute approximate surface area is 230 Å². The maximum Gasteiger partial charge on any atom is 0.340 e. The van der Waals surface area contributed by atoms with Crippen molar-refractivity contribution in [2.24, 2.45) is 0 Å². The number of anilines is 3. The fourth-order valence-electron chi connectivity index (χ4n) is 5.84. The largest absolute Gasteiger partial charge is 0.456 e. The van der Waals surface area contributed by atoms with Gasteiger partial charge in [-0.05, 0) is 68.3 Å². The molecule has 0 amide bonds. The van der Waals surface area contributed by atoms with Crippen molar-refractivity contribution < 1.29 is 14.3 Å². The Balaban J connectivity index is 1.51. The van der Waals surface area contributed by atoms with Crippen molar-refractivity contribution in [3.8, 4) is 11.5 Å². The van der Waals surface area contributed by atoms with E-state index in [1.54, 1.807) is 0 Å². The van der Waals surface area contributed by atoms with Crippen LogP contribution in [-0.2, 0) is 10.3 Å². The number of nitrogens with one attached hydrogen (secondary N) is 1. The first-order chi connectivity index (χ1) is 19.0. The number of aryl methyl sites for hydroxylation is 1. The van der Waals surface area contributed by atoms with Gasteiger partial charge in [-0.15, -0.1) is 0 Å². The molecule has 0 bridgehead atoms. The second-order valence-electron chi connectivity index (χ2n) is 10.3. The van der Waals surface area contributed by atoms with Crippen molar-refractivity contribution in [1.82, 2.24) is 0 Å². The standard InChI is InChI=1S/C34H34N2O3/c1-4-6-12-19-36(5-2)25-17-18-28-32(21-25)38-31-20-23(3)30(35-24-13-8-7-9-14-24)22-29(31)34(28)27-16-11-10-15-26(27)33(37)39-34/h7-11,13-18,20-22,35H,4-6,12,19H2,1-3H3. The molecule has 198 valence electrons. The molecule has 39 heavy (non-hydrogen) atoms. The van der Waals surface area contributed by atoms with Crippen molar-refractivity contribution >= 4 is 23.0 Å². The molecule has 1 N–H and O–H groups in total. The number of para-hydroxylation sites is 1. The van der Waals surface area contributed by atoms with Crippen molar-refractivity contribution in [2.75, 3.05) is 23.3 Å². The molecule has 4 aromatic rings. The third-order valence-electron chi connectivity index (χ3n) is 7.87. The molecule has 1 spiro atoms. The van der Waals surface area contributed by atoms with Crippen LogP contribution >= 0.6 is 0 Å². The smallest absolute Gasteiger partial charge is 0.340 e. The molecule has 0 saturated carbocycles. The van der Waals surface area contributed by atoms with Gasteiger partial charge in [0.2, 0.25) is 0 Å². The highest BCUT2D eigenvalue weighted by atomic mass is 16.6. The van der Waals surface area contributed by atoms with E-state index in [9.17, 15) is 4.79 Å².